The summed E-state index contributed by atoms with van der Waals surface area (Å²) in [5, 5.41) is 0. The van der Waals surface area contributed by atoms with Gasteiger partial charge in [-0.25, -0.2) is 4.98 Å². The van der Waals surface area contributed by atoms with Crippen LogP contribution in [-0.4, -0.2) is 41.4 Å². The van der Waals surface area contributed by atoms with Gasteiger partial charge in [0, 0.05) is 44.1 Å². The highest BCUT2D eigenvalue weighted by Gasteiger charge is 2.57. The Hall–Kier alpha value is -1.79. The number of aromatic nitrogens is 2. The van der Waals surface area contributed by atoms with Gasteiger partial charge < -0.3 is 14.6 Å². The van der Waals surface area contributed by atoms with E-state index in [1.807, 2.05) is 4.90 Å². The first-order chi connectivity index (χ1) is 11.8. The highest BCUT2D eigenvalue weighted by Crippen LogP contribution is 2.56. The fourth-order valence-electron chi connectivity index (χ4n) is 4.79. The number of piperidine rings is 1. The molecule has 4 atom stereocenters. The molecular weight excluding hydrogens is 326 g/mol. The Morgan fingerprint density at radius 1 is 1.28 bits per heavy atom. The number of alkyl halides is 2. The van der Waals surface area contributed by atoms with Gasteiger partial charge in [0.2, 0.25) is 5.95 Å². The molecule has 4 aliphatic rings. The van der Waals surface area contributed by atoms with Crippen molar-refractivity contribution >= 4 is 17.5 Å². The van der Waals surface area contributed by atoms with Crippen LogP contribution >= 0.6 is 0 Å². The van der Waals surface area contributed by atoms with Crippen molar-refractivity contribution in [3.8, 4) is 0 Å². The third kappa shape index (κ3) is 2.20. The number of carbonyl (C=O) groups excluding carboxylic acids is 1. The Labute approximate surface area is 145 Å². The van der Waals surface area contributed by atoms with Gasteiger partial charge in [-0.05, 0) is 38.0 Å². The van der Waals surface area contributed by atoms with E-state index in [0.29, 0.717) is 47.5 Å². The monoisotopic (exact) mass is 348 g/mol. The second kappa shape index (κ2) is 4.89. The summed E-state index contributed by atoms with van der Waals surface area (Å²) in [5.41, 5.74) is 0.541. The molecule has 0 amide bonds. The van der Waals surface area contributed by atoms with Gasteiger partial charge in [0.1, 0.15) is 17.3 Å². The molecule has 5 nitrogen and oxygen atoms in total. The predicted molar refractivity (Wildman–Crippen MR) is 89.0 cm³/mol. The molecule has 1 saturated carbocycles. The predicted octanol–water partition coefficient (Wildman–Crippen LogP) is 2.38. The second-order valence-corrected chi connectivity index (χ2v) is 8.19. The van der Waals surface area contributed by atoms with E-state index in [2.05, 4.69) is 21.8 Å². The largest absolute Gasteiger partial charge is 0.356 e. The average Bonchev–Trinajstić information content (AvgIpc) is 2.95. The minimum atomic E-state index is -2.82. The fraction of sp³-hybridized carbons (Fsp3) is 0.722. The third-order valence-electron chi connectivity index (χ3n) is 6.49. The number of carbonyl (C=O) groups is 1. The number of nitrogens with zero attached hydrogens (tertiary/aromatic N) is 4. The number of fused-ring (bicyclic) bond motifs is 2. The van der Waals surface area contributed by atoms with E-state index in [1.54, 1.807) is 6.92 Å². The van der Waals surface area contributed by atoms with Crippen LogP contribution < -0.4 is 9.80 Å². The number of hydrogen-bond donors (Lipinski definition) is 0. The topological polar surface area (TPSA) is 49.3 Å². The normalized spacial score (nSPS) is 34.1. The van der Waals surface area contributed by atoms with Crippen molar-refractivity contribution in [3.05, 3.63) is 11.3 Å². The van der Waals surface area contributed by atoms with E-state index < -0.39 is 5.92 Å². The molecular formula is C18H22F2N4O. The minimum absolute atomic E-state index is 0.0764. The van der Waals surface area contributed by atoms with Crippen molar-refractivity contribution in [3.63, 3.8) is 0 Å². The number of hydrogen-bond acceptors (Lipinski definition) is 5. The lowest BCUT2D eigenvalue weighted by molar-refractivity contribution is -0.117. The number of Topliss-reactive ketones (excluding diaryl/α,β-unsaturated/α-hetero) is 1. The Morgan fingerprint density at radius 3 is 2.52 bits per heavy atom. The number of halogens is 2. The fourth-order valence-corrected chi connectivity index (χ4v) is 4.79. The maximum atomic E-state index is 14.0. The number of anilines is 2. The van der Waals surface area contributed by atoms with Crippen LogP contribution in [0.5, 0.6) is 0 Å². The van der Waals surface area contributed by atoms with Crippen molar-refractivity contribution in [2.24, 2.45) is 17.8 Å². The summed E-state index contributed by atoms with van der Waals surface area (Å²) in [7, 11) is 0. The Balaban J connectivity index is 1.42. The molecule has 0 bridgehead atoms. The highest BCUT2D eigenvalue weighted by atomic mass is 19.3. The lowest BCUT2D eigenvalue weighted by Gasteiger charge is -2.41. The standard InChI is InChI=1S/C18H22F2N4O/c1-9-3-4-24(9)17-21-15-12(6-18(15,19)20)16(22-17)23-7-13-11(5-10(2)25)14(13)8-23/h9,11,13-14H,3-8H2,1-2H3/t9-,11?,13-,14+/m1/s1. The van der Waals surface area contributed by atoms with E-state index in [0.717, 1.165) is 26.1 Å². The molecule has 1 aromatic rings. The molecule has 0 N–H and O–H groups in total. The van der Waals surface area contributed by atoms with Crippen molar-refractivity contribution in [1.29, 1.82) is 0 Å². The first-order valence-electron chi connectivity index (χ1n) is 9.15. The summed E-state index contributed by atoms with van der Waals surface area (Å²) in [6.07, 6.45) is 1.45. The minimum Gasteiger partial charge on any atom is -0.356 e. The average molecular weight is 348 g/mol. The van der Waals surface area contributed by atoms with Gasteiger partial charge in [-0.1, -0.05) is 0 Å². The van der Waals surface area contributed by atoms with Gasteiger partial charge in [0.15, 0.2) is 0 Å². The molecule has 1 aromatic heterocycles. The summed E-state index contributed by atoms with van der Waals surface area (Å²) in [6, 6.07) is 0.312. The zero-order valence-corrected chi connectivity index (χ0v) is 14.5. The summed E-state index contributed by atoms with van der Waals surface area (Å²) < 4.78 is 28.0. The molecule has 0 aromatic carbocycles. The van der Waals surface area contributed by atoms with E-state index in [1.165, 1.54) is 0 Å². The molecule has 3 fully saturated rings. The van der Waals surface area contributed by atoms with E-state index in [4.69, 9.17) is 0 Å². The van der Waals surface area contributed by atoms with Crippen LogP contribution in [0.1, 0.15) is 37.9 Å². The molecule has 3 heterocycles. The van der Waals surface area contributed by atoms with Crippen LogP contribution in [-0.2, 0) is 17.1 Å². The summed E-state index contributed by atoms with van der Waals surface area (Å²) in [6.45, 7) is 6.19. The molecule has 7 heteroatoms. The molecule has 2 aliphatic heterocycles. The maximum absolute atomic E-state index is 14.0. The van der Waals surface area contributed by atoms with Crippen LogP contribution in [0.3, 0.4) is 0 Å². The van der Waals surface area contributed by atoms with Crippen LogP contribution in [0.25, 0.3) is 0 Å². The zero-order chi connectivity index (χ0) is 17.5. The molecule has 134 valence electrons. The summed E-state index contributed by atoms with van der Waals surface area (Å²) in [4.78, 5) is 24.4. The Bertz CT molecular complexity index is 756. The molecule has 5 rings (SSSR count). The van der Waals surface area contributed by atoms with Crippen LogP contribution in [0.2, 0.25) is 0 Å². The second-order valence-electron chi connectivity index (χ2n) is 8.19. The molecule has 0 spiro atoms. The van der Waals surface area contributed by atoms with Crippen molar-refractivity contribution in [1.82, 2.24) is 9.97 Å². The van der Waals surface area contributed by atoms with Gasteiger partial charge in [-0.2, -0.15) is 13.8 Å². The van der Waals surface area contributed by atoms with Crippen molar-refractivity contribution in [2.75, 3.05) is 29.4 Å². The summed E-state index contributed by atoms with van der Waals surface area (Å²) >= 11 is 0. The Morgan fingerprint density at radius 2 is 2.00 bits per heavy atom. The molecule has 2 saturated heterocycles. The third-order valence-corrected chi connectivity index (χ3v) is 6.49. The SMILES string of the molecule is CC(=O)CC1[C@H]2CN(c3nc(N4CC[C@H]4C)nc4c3CC4(F)F)C[C@@H]12. The highest BCUT2D eigenvalue weighted by molar-refractivity contribution is 5.76. The van der Waals surface area contributed by atoms with E-state index in [-0.39, 0.29) is 17.9 Å². The van der Waals surface area contributed by atoms with Crippen molar-refractivity contribution < 1.29 is 13.6 Å². The van der Waals surface area contributed by atoms with Gasteiger partial charge in [-0.15, -0.1) is 0 Å². The van der Waals surface area contributed by atoms with Crippen molar-refractivity contribution in [2.45, 2.75) is 45.1 Å². The van der Waals surface area contributed by atoms with E-state index in [9.17, 15) is 13.6 Å². The first kappa shape index (κ1) is 15.5. The smallest absolute Gasteiger partial charge is 0.294 e. The number of rotatable bonds is 4. The lowest BCUT2D eigenvalue weighted by atomic mass is 9.89. The first-order valence-corrected chi connectivity index (χ1v) is 9.15. The van der Waals surface area contributed by atoms with Crippen LogP contribution in [0.15, 0.2) is 0 Å². The molecule has 1 unspecified atom stereocenters. The molecule has 25 heavy (non-hydrogen) atoms. The Kier molecular flexibility index (Phi) is 3.02. The molecule has 0 radical (unpaired) electrons. The van der Waals surface area contributed by atoms with Gasteiger partial charge in [0.05, 0.1) is 0 Å². The van der Waals surface area contributed by atoms with E-state index >= 15 is 0 Å². The van der Waals surface area contributed by atoms with Crippen LogP contribution in [0.4, 0.5) is 20.5 Å². The number of ketones is 1. The van der Waals surface area contributed by atoms with Gasteiger partial charge >= 0.3 is 0 Å². The lowest BCUT2D eigenvalue weighted by Crippen LogP contribution is -2.48. The molecule has 2 aliphatic carbocycles. The maximum Gasteiger partial charge on any atom is 0.294 e. The van der Waals surface area contributed by atoms with Gasteiger partial charge in [-0.3, -0.25) is 0 Å². The van der Waals surface area contributed by atoms with Crippen LogP contribution in [0, 0.1) is 17.8 Å². The summed E-state index contributed by atoms with van der Waals surface area (Å²) in [5.74, 6) is 0.0911. The zero-order valence-electron chi connectivity index (χ0n) is 14.5. The quantitative estimate of drug-likeness (QED) is 0.836. The van der Waals surface area contributed by atoms with Gasteiger partial charge in [0.25, 0.3) is 5.92 Å².